The van der Waals surface area contributed by atoms with E-state index in [2.05, 4.69) is 17.3 Å². The molecule has 2 heterocycles. The van der Waals surface area contributed by atoms with Gasteiger partial charge in [-0.25, -0.2) is 0 Å². The Labute approximate surface area is 113 Å². The van der Waals surface area contributed by atoms with Crippen LogP contribution in [0.2, 0.25) is 0 Å². The largest absolute Gasteiger partial charge is 0.481 e. The van der Waals surface area contributed by atoms with Crippen LogP contribution in [-0.4, -0.2) is 42.2 Å². The van der Waals surface area contributed by atoms with Gasteiger partial charge in [0.1, 0.15) is 0 Å². The summed E-state index contributed by atoms with van der Waals surface area (Å²) >= 11 is 0. The summed E-state index contributed by atoms with van der Waals surface area (Å²) in [6.07, 6.45) is 1.01. The molecule has 3 rings (SSSR count). The first kappa shape index (κ1) is 12.5. The number of aryl methyl sites for hydroxylation is 1. The molecule has 4 heteroatoms. The number of anilines is 1. The summed E-state index contributed by atoms with van der Waals surface area (Å²) in [5.74, 6) is -0.923. The summed E-state index contributed by atoms with van der Waals surface area (Å²) in [5, 5.41) is 13.2. The van der Waals surface area contributed by atoms with Crippen molar-refractivity contribution >= 4 is 11.7 Å². The number of piperidine rings is 1. The van der Waals surface area contributed by atoms with Gasteiger partial charge in [-0.2, -0.15) is 0 Å². The lowest BCUT2D eigenvalue weighted by molar-refractivity contribution is -0.141. The number of carbonyl (C=O) groups is 1. The second kappa shape index (κ2) is 4.53. The fraction of sp³-hybridized carbons (Fsp3) is 0.533. The number of hydrogen-bond donors (Lipinski definition) is 2. The van der Waals surface area contributed by atoms with E-state index in [1.54, 1.807) is 0 Å². The van der Waals surface area contributed by atoms with Crippen molar-refractivity contribution in [2.24, 2.45) is 5.92 Å². The highest BCUT2D eigenvalue weighted by atomic mass is 16.4. The lowest BCUT2D eigenvalue weighted by Crippen LogP contribution is -2.51. The number of rotatable bonds is 1. The van der Waals surface area contributed by atoms with Crippen molar-refractivity contribution in [1.82, 2.24) is 4.90 Å². The smallest absolute Gasteiger partial charge is 0.311 e. The minimum absolute atomic E-state index is 0.158. The van der Waals surface area contributed by atoms with Gasteiger partial charge in [0.05, 0.1) is 5.92 Å². The highest BCUT2D eigenvalue weighted by molar-refractivity contribution is 5.81. The topological polar surface area (TPSA) is 52.6 Å². The molecule has 2 N–H and O–H groups in total. The van der Waals surface area contributed by atoms with Gasteiger partial charge in [0, 0.05) is 24.2 Å². The van der Waals surface area contributed by atoms with Gasteiger partial charge in [0.25, 0.3) is 0 Å². The highest BCUT2D eigenvalue weighted by Crippen LogP contribution is 2.41. The number of benzene rings is 1. The number of nitrogens with one attached hydrogen (secondary N) is 1. The molecule has 3 atom stereocenters. The Morgan fingerprint density at radius 3 is 3.00 bits per heavy atom. The van der Waals surface area contributed by atoms with Gasteiger partial charge in [-0.15, -0.1) is 0 Å². The van der Waals surface area contributed by atoms with E-state index in [-0.39, 0.29) is 17.9 Å². The number of carboxylic acids is 1. The standard InChI is InChI=1S/C15H20N2O2/c1-9-3-4-12-10(7-9)14(15(18)19)11-8-17(2)6-5-13(11)16-12/h3-4,7,11,13-14,16H,5-6,8H2,1-2H3,(H,18,19). The van der Waals surface area contributed by atoms with E-state index in [1.807, 2.05) is 25.1 Å². The van der Waals surface area contributed by atoms with E-state index >= 15 is 0 Å². The summed E-state index contributed by atoms with van der Waals surface area (Å²) in [6, 6.07) is 6.37. The number of nitrogens with zero attached hydrogens (tertiary/aromatic N) is 1. The molecule has 4 nitrogen and oxygen atoms in total. The van der Waals surface area contributed by atoms with Crippen molar-refractivity contribution in [3.05, 3.63) is 29.3 Å². The summed E-state index contributed by atoms with van der Waals surface area (Å²) in [7, 11) is 2.07. The van der Waals surface area contributed by atoms with Crippen molar-refractivity contribution in [1.29, 1.82) is 0 Å². The maximum absolute atomic E-state index is 11.7. The zero-order valence-corrected chi connectivity index (χ0v) is 11.4. The van der Waals surface area contributed by atoms with Crippen molar-refractivity contribution in [3.8, 4) is 0 Å². The van der Waals surface area contributed by atoms with E-state index < -0.39 is 5.97 Å². The first-order chi connectivity index (χ1) is 9.06. The Kier molecular flexibility index (Phi) is 2.97. The maximum Gasteiger partial charge on any atom is 0.311 e. The fourth-order valence-corrected chi connectivity index (χ4v) is 3.49. The maximum atomic E-state index is 11.7. The molecule has 3 unspecified atom stereocenters. The SMILES string of the molecule is Cc1ccc2c(c1)C(C(=O)O)C1CN(C)CCC1N2. The predicted molar refractivity (Wildman–Crippen MR) is 74.6 cm³/mol. The lowest BCUT2D eigenvalue weighted by atomic mass is 9.74. The van der Waals surface area contributed by atoms with E-state index in [0.717, 1.165) is 36.3 Å². The Morgan fingerprint density at radius 1 is 1.47 bits per heavy atom. The van der Waals surface area contributed by atoms with Gasteiger partial charge in [-0.1, -0.05) is 17.7 Å². The summed E-state index contributed by atoms with van der Waals surface area (Å²) in [4.78, 5) is 14.0. The van der Waals surface area contributed by atoms with Crippen molar-refractivity contribution in [3.63, 3.8) is 0 Å². The number of fused-ring (bicyclic) bond motifs is 2. The normalized spacial score (nSPS) is 30.1. The third-order valence-electron chi connectivity index (χ3n) is 4.44. The summed E-state index contributed by atoms with van der Waals surface area (Å²) in [6.45, 7) is 3.89. The molecule has 0 aliphatic carbocycles. The molecular formula is C15H20N2O2. The van der Waals surface area contributed by atoms with E-state index in [1.165, 1.54) is 0 Å². The zero-order chi connectivity index (χ0) is 13.6. The Morgan fingerprint density at radius 2 is 2.26 bits per heavy atom. The molecule has 0 bridgehead atoms. The van der Waals surface area contributed by atoms with Crippen LogP contribution in [-0.2, 0) is 4.79 Å². The third-order valence-corrected chi connectivity index (χ3v) is 4.44. The van der Waals surface area contributed by atoms with Crippen molar-refractivity contribution in [2.75, 3.05) is 25.5 Å². The molecule has 1 saturated heterocycles. The molecule has 2 aliphatic rings. The molecule has 19 heavy (non-hydrogen) atoms. The van der Waals surface area contributed by atoms with Gasteiger partial charge in [-0.3, -0.25) is 4.79 Å². The van der Waals surface area contributed by atoms with Crippen LogP contribution in [0.4, 0.5) is 5.69 Å². The third kappa shape index (κ3) is 2.10. The Bertz CT molecular complexity index is 515. The molecule has 1 aromatic rings. The Hall–Kier alpha value is -1.55. The molecule has 0 amide bonds. The highest BCUT2D eigenvalue weighted by Gasteiger charge is 2.42. The average molecular weight is 260 g/mol. The van der Waals surface area contributed by atoms with Crippen LogP contribution in [0.3, 0.4) is 0 Å². The van der Waals surface area contributed by atoms with Crippen molar-refractivity contribution < 1.29 is 9.90 Å². The minimum Gasteiger partial charge on any atom is -0.481 e. The molecule has 0 spiro atoms. The molecular weight excluding hydrogens is 240 g/mol. The molecule has 0 aromatic heterocycles. The second-order valence-corrected chi connectivity index (χ2v) is 5.87. The van der Waals surface area contributed by atoms with Crippen LogP contribution < -0.4 is 5.32 Å². The summed E-state index contributed by atoms with van der Waals surface area (Å²) in [5.41, 5.74) is 3.07. The molecule has 2 aliphatic heterocycles. The van der Waals surface area contributed by atoms with E-state index in [0.29, 0.717) is 0 Å². The predicted octanol–water partition coefficient (Wildman–Crippen LogP) is 1.91. The number of likely N-dealkylation sites (tertiary alicyclic amines) is 1. The average Bonchev–Trinajstić information content (AvgIpc) is 2.35. The quantitative estimate of drug-likeness (QED) is 0.810. The second-order valence-electron chi connectivity index (χ2n) is 5.87. The minimum atomic E-state index is -0.696. The summed E-state index contributed by atoms with van der Waals surface area (Å²) < 4.78 is 0. The van der Waals surface area contributed by atoms with Gasteiger partial charge < -0.3 is 15.3 Å². The van der Waals surface area contributed by atoms with Crippen LogP contribution in [0, 0.1) is 12.8 Å². The Balaban J connectivity index is 2.05. The van der Waals surface area contributed by atoms with Gasteiger partial charge >= 0.3 is 5.97 Å². The molecule has 0 radical (unpaired) electrons. The molecule has 1 fully saturated rings. The molecule has 102 valence electrons. The van der Waals surface area contributed by atoms with Crippen LogP contribution in [0.1, 0.15) is 23.5 Å². The van der Waals surface area contributed by atoms with Crippen molar-refractivity contribution in [2.45, 2.75) is 25.3 Å². The zero-order valence-electron chi connectivity index (χ0n) is 11.4. The molecule has 0 saturated carbocycles. The molecule has 1 aromatic carbocycles. The van der Waals surface area contributed by atoms with E-state index in [9.17, 15) is 9.90 Å². The first-order valence-electron chi connectivity index (χ1n) is 6.84. The number of hydrogen-bond acceptors (Lipinski definition) is 3. The van der Waals surface area contributed by atoms with Crippen LogP contribution in [0.15, 0.2) is 18.2 Å². The first-order valence-corrected chi connectivity index (χ1v) is 6.84. The lowest BCUT2D eigenvalue weighted by Gasteiger charge is -2.44. The van der Waals surface area contributed by atoms with Crippen LogP contribution >= 0.6 is 0 Å². The van der Waals surface area contributed by atoms with Gasteiger partial charge in [0.2, 0.25) is 0 Å². The van der Waals surface area contributed by atoms with Gasteiger partial charge in [-0.05, 0) is 38.6 Å². The van der Waals surface area contributed by atoms with E-state index in [4.69, 9.17) is 0 Å². The van der Waals surface area contributed by atoms with Crippen LogP contribution in [0.25, 0.3) is 0 Å². The number of carboxylic acid groups (broad SMARTS) is 1. The van der Waals surface area contributed by atoms with Gasteiger partial charge in [0.15, 0.2) is 0 Å². The monoisotopic (exact) mass is 260 g/mol. The van der Waals surface area contributed by atoms with Crippen LogP contribution in [0.5, 0.6) is 0 Å². The number of aliphatic carboxylic acids is 1. The fourth-order valence-electron chi connectivity index (χ4n) is 3.49.